The number of methoxy groups -OCH3 is 1. The van der Waals surface area contributed by atoms with Crippen LogP contribution in [0.15, 0.2) is 34.6 Å². The lowest BCUT2D eigenvalue weighted by molar-refractivity contribution is 0.204. The number of nitrogens with two attached hydrogens (primary N) is 2. The van der Waals surface area contributed by atoms with Crippen molar-refractivity contribution in [1.29, 1.82) is 0 Å². The maximum Gasteiger partial charge on any atom is 0.312 e. The van der Waals surface area contributed by atoms with Crippen LogP contribution >= 0.6 is 11.3 Å². The van der Waals surface area contributed by atoms with Crippen LogP contribution < -0.4 is 22.1 Å². The van der Waals surface area contributed by atoms with E-state index in [4.69, 9.17) is 16.2 Å². The molecule has 1 heterocycles. The lowest BCUT2D eigenvalue weighted by Gasteiger charge is -2.04. The number of primary amides is 1. The average Bonchev–Trinajstić information content (AvgIpc) is 3.02. The fourth-order valence-corrected chi connectivity index (χ4v) is 2.61. The number of urea groups is 1. The summed E-state index contributed by atoms with van der Waals surface area (Å²) in [5.74, 6) is 0.298. The first-order chi connectivity index (χ1) is 11.6. The van der Waals surface area contributed by atoms with Gasteiger partial charge in [0.1, 0.15) is 0 Å². The van der Waals surface area contributed by atoms with Crippen LogP contribution in [0.4, 0.5) is 9.93 Å². The number of aliphatic imine (C=N–C) groups is 1. The summed E-state index contributed by atoms with van der Waals surface area (Å²) < 4.78 is 4.93. The third kappa shape index (κ3) is 5.52. The van der Waals surface area contributed by atoms with E-state index in [-0.39, 0.29) is 0 Å². The highest BCUT2D eigenvalue weighted by Gasteiger charge is 2.06. The number of thiazole rings is 1. The summed E-state index contributed by atoms with van der Waals surface area (Å²) >= 11 is 1.40. The summed E-state index contributed by atoms with van der Waals surface area (Å²) in [5.41, 5.74) is 13.5. The molecule has 2 rings (SSSR count). The van der Waals surface area contributed by atoms with Crippen LogP contribution in [-0.2, 0) is 11.3 Å². The van der Waals surface area contributed by atoms with Gasteiger partial charge in [-0.2, -0.15) is 4.99 Å². The molecule has 128 valence electrons. The molecule has 0 spiro atoms. The van der Waals surface area contributed by atoms with Crippen LogP contribution in [0.2, 0.25) is 0 Å². The second-order valence-corrected chi connectivity index (χ2v) is 5.69. The molecule has 6 N–H and O–H groups in total. The van der Waals surface area contributed by atoms with Crippen molar-refractivity contribution in [2.75, 3.05) is 20.3 Å². The third-order valence-electron chi connectivity index (χ3n) is 3.01. The maximum atomic E-state index is 10.8. The number of rotatable bonds is 7. The van der Waals surface area contributed by atoms with E-state index in [0.29, 0.717) is 30.8 Å². The van der Waals surface area contributed by atoms with Gasteiger partial charge in [-0.15, -0.1) is 11.3 Å². The fraction of sp³-hybridized carbons (Fsp3) is 0.267. The van der Waals surface area contributed by atoms with E-state index in [2.05, 4.69) is 20.6 Å². The zero-order valence-corrected chi connectivity index (χ0v) is 14.1. The number of guanidine groups is 1. The molecule has 0 unspecified atom stereocenters. The Kier molecular flexibility index (Phi) is 6.52. The molecule has 0 saturated heterocycles. The highest BCUT2D eigenvalue weighted by molar-refractivity contribution is 7.13. The molecule has 2 amide bonds. The third-order valence-corrected chi connectivity index (χ3v) is 3.74. The van der Waals surface area contributed by atoms with Gasteiger partial charge in [-0.25, -0.2) is 9.78 Å². The first-order valence-corrected chi connectivity index (χ1v) is 8.11. The number of amides is 2. The topological polar surface area (TPSA) is 128 Å². The highest BCUT2D eigenvalue weighted by atomic mass is 32.1. The van der Waals surface area contributed by atoms with E-state index >= 15 is 0 Å². The Bertz CT molecular complexity index is 715. The van der Waals surface area contributed by atoms with Crippen molar-refractivity contribution in [3.63, 3.8) is 0 Å². The van der Waals surface area contributed by atoms with Gasteiger partial charge >= 0.3 is 6.03 Å². The van der Waals surface area contributed by atoms with E-state index in [1.807, 2.05) is 29.6 Å². The predicted octanol–water partition coefficient (Wildman–Crippen LogP) is 1.16. The Labute approximate surface area is 143 Å². The largest absolute Gasteiger partial charge is 0.383 e. The van der Waals surface area contributed by atoms with Crippen molar-refractivity contribution >= 4 is 28.5 Å². The lowest BCUT2D eigenvalue weighted by atomic mass is 10.1. The quantitative estimate of drug-likeness (QED) is 0.339. The summed E-state index contributed by atoms with van der Waals surface area (Å²) in [6.07, 6.45) is 0. The Hall–Kier alpha value is -2.65. The molecule has 2 aromatic rings. The maximum absolute atomic E-state index is 10.8. The molecule has 0 aliphatic rings. The summed E-state index contributed by atoms with van der Waals surface area (Å²) in [6.45, 7) is 1.50. The minimum atomic E-state index is -0.554. The smallest absolute Gasteiger partial charge is 0.312 e. The van der Waals surface area contributed by atoms with Crippen molar-refractivity contribution in [2.45, 2.75) is 6.54 Å². The molecule has 0 atom stereocenters. The van der Waals surface area contributed by atoms with Crippen LogP contribution in [0.1, 0.15) is 5.56 Å². The van der Waals surface area contributed by atoms with E-state index in [1.165, 1.54) is 11.3 Å². The summed E-state index contributed by atoms with van der Waals surface area (Å²) in [7, 11) is 1.62. The Morgan fingerprint density at radius 3 is 2.96 bits per heavy atom. The minimum Gasteiger partial charge on any atom is -0.383 e. The lowest BCUT2D eigenvalue weighted by Crippen LogP contribution is -2.33. The van der Waals surface area contributed by atoms with Crippen LogP contribution in [0.25, 0.3) is 11.3 Å². The van der Waals surface area contributed by atoms with Crippen molar-refractivity contribution in [3.8, 4) is 11.3 Å². The zero-order chi connectivity index (χ0) is 17.4. The number of ether oxygens (including phenoxy) is 1. The number of benzene rings is 1. The van der Waals surface area contributed by atoms with Gasteiger partial charge in [0.05, 0.1) is 12.3 Å². The van der Waals surface area contributed by atoms with E-state index in [0.717, 1.165) is 16.8 Å². The normalized spacial score (nSPS) is 11.3. The van der Waals surface area contributed by atoms with Crippen molar-refractivity contribution < 1.29 is 9.53 Å². The van der Waals surface area contributed by atoms with E-state index in [1.54, 1.807) is 7.11 Å². The first kappa shape index (κ1) is 17.7. The fourth-order valence-electron chi connectivity index (χ4n) is 1.90. The Morgan fingerprint density at radius 2 is 2.21 bits per heavy atom. The Morgan fingerprint density at radius 1 is 1.38 bits per heavy atom. The molecule has 0 bridgehead atoms. The molecule has 24 heavy (non-hydrogen) atoms. The van der Waals surface area contributed by atoms with Gasteiger partial charge in [0, 0.05) is 31.1 Å². The number of hydrogen-bond donors (Lipinski definition) is 4. The van der Waals surface area contributed by atoms with Crippen LogP contribution in [-0.4, -0.2) is 37.2 Å². The monoisotopic (exact) mass is 348 g/mol. The van der Waals surface area contributed by atoms with E-state index in [9.17, 15) is 4.79 Å². The number of nitrogens with zero attached hydrogens (tertiary/aromatic N) is 2. The second-order valence-electron chi connectivity index (χ2n) is 4.85. The molecule has 0 saturated carbocycles. The number of aromatic nitrogens is 1. The van der Waals surface area contributed by atoms with Gasteiger partial charge < -0.3 is 26.8 Å². The minimum absolute atomic E-state index is 0.298. The molecular weight excluding hydrogens is 328 g/mol. The zero-order valence-electron chi connectivity index (χ0n) is 13.3. The SMILES string of the molecule is COCCN/C(N)=N/c1nc(-c2cccc(CNC(N)=O)c2)cs1. The van der Waals surface area contributed by atoms with Crippen molar-refractivity contribution in [1.82, 2.24) is 15.6 Å². The molecular formula is C15H20N6O2S. The standard InChI is InChI=1S/C15H20N6O2S/c1-23-6-5-18-13(16)21-15-20-12(9-24-15)11-4-2-3-10(7-11)8-19-14(17)22/h2-4,7,9H,5-6,8H2,1H3,(H3,17,19,22)(H3,16,18,20,21). The molecule has 0 fully saturated rings. The molecule has 0 aliphatic heterocycles. The second kappa shape index (κ2) is 8.85. The predicted molar refractivity (Wildman–Crippen MR) is 95.1 cm³/mol. The van der Waals surface area contributed by atoms with E-state index < -0.39 is 6.03 Å². The molecule has 8 nitrogen and oxygen atoms in total. The number of nitrogens with one attached hydrogen (secondary N) is 2. The van der Waals surface area contributed by atoms with Crippen LogP contribution in [0.3, 0.4) is 0 Å². The Balaban J connectivity index is 2.06. The van der Waals surface area contributed by atoms with Gasteiger partial charge in [0.15, 0.2) is 5.96 Å². The van der Waals surface area contributed by atoms with Crippen molar-refractivity contribution in [3.05, 3.63) is 35.2 Å². The molecule has 0 aliphatic carbocycles. The molecule has 9 heteroatoms. The number of carbonyl (C=O) groups is 1. The highest BCUT2D eigenvalue weighted by Crippen LogP contribution is 2.27. The summed E-state index contributed by atoms with van der Waals surface area (Å²) in [5, 5.41) is 7.96. The van der Waals surface area contributed by atoms with Crippen molar-refractivity contribution in [2.24, 2.45) is 16.5 Å². The summed E-state index contributed by atoms with van der Waals surface area (Å²) in [4.78, 5) is 19.5. The average molecular weight is 348 g/mol. The van der Waals surface area contributed by atoms with Gasteiger partial charge in [0.2, 0.25) is 5.13 Å². The van der Waals surface area contributed by atoms with Gasteiger partial charge in [0.25, 0.3) is 0 Å². The summed E-state index contributed by atoms with van der Waals surface area (Å²) in [6, 6.07) is 7.13. The van der Waals surface area contributed by atoms with Gasteiger partial charge in [-0.3, -0.25) is 0 Å². The molecule has 1 aromatic carbocycles. The van der Waals surface area contributed by atoms with Crippen LogP contribution in [0, 0.1) is 0 Å². The molecule has 0 radical (unpaired) electrons. The number of hydrogen-bond acceptors (Lipinski definition) is 5. The first-order valence-electron chi connectivity index (χ1n) is 7.23. The van der Waals surface area contributed by atoms with Gasteiger partial charge in [-0.05, 0) is 11.6 Å². The number of carbonyl (C=O) groups excluding carboxylic acids is 1. The van der Waals surface area contributed by atoms with Gasteiger partial charge in [-0.1, -0.05) is 18.2 Å². The molecule has 1 aromatic heterocycles. The van der Waals surface area contributed by atoms with Crippen LogP contribution in [0.5, 0.6) is 0 Å².